The Hall–Kier alpha value is -4.19. The highest BCUT2D eigenvalue weighted by atomic mass is 16.6. The molecule has 0 fully saturated rings. The number of allylic oxidation sites excluding steroid dienone is 20. The van der Waals surface area contributed by atoms with Gasteiger partial charge in [-0.3, -0.25) is 14.4 Å². The molecule has 0 rings (SSSR count). The van der Waals surface area contributed by atoms with Gasteiger partial charge < -0.3 is 14.2 Å². The topological polar surface area (TPSA) is 78.9 Å². The molecule has 0 amide bonds. The van der Waals surface area contributed by atoms with Crippen LogP contribution in [-0.2, 0) is 28.6 Å². The Morgan fingerprint density at radius 2 is 0.557 bits per heavy atom. The van der Waals surface area contributed by atoms with Crippen molar-refractivity contribution in [3.8, 4) is 0 Å². The van der Waals surface area contributed by atoms with Crippen molar-refractivity contribution >= 4 is 17.9 Å². The highest BCUT2D eigenvalue weighted by molar-refractivity contribution is 5.71. The third-order valence-corrected chi connectivity index (χ3v) is 11.7. The van der Waals surface area contributed by atoms with Gasteiger partial charge in [0.05, 0.1) is 0 Å². The minimum absolute atomic E-state index is 0.0908. The molecule has 0 aromatic carbocycles. The first-order chi connectivity index (χ1) is 34.5. The summed E-state index contributed by atoms with van der Waals surface area (Å²) in [6.07, 6.45) is 79.3. The molecular weight excluding hydrogens is 865 g/mol. The van der Waals surface area contributed by atoms with E-state index in [-0.39, 0.29) is 31.1 Å². The summed E-state index contributed by atoms with van der Waals surface area (Å²) in [5, 5.41) is 0. The number of hydrogen-bond acceptors (Lipinski definition) is 6. The molecule has 6 nitrogen and oxygen atoms in total. The fourth-order valence-electron chi connectivity index (χ4n) is 7.47. The summed E-state index contributed by atoms with van der Waals surface area (Å²) in [5.41, 5.74) is 0. The number of carbonyl (C=O) groups excluding carboxylic acids is 3. The summed E-state index contributed by atoms with van der Waals surface area (Å²) in [6.45, 7) is 6.44. The SMILES string of the molecule is CC/C=C\C/C=C\C/C=C\C/C=C\C/C=C\C/C=C\C/C=C\C/C=C\C/C=C\C/C=C\CCCCC(=O)OCC(COC(=O)CCCCCCCCCCC)OC(=O)CCCCCCCCCCCC. The van der Waals surface area contributed by atoms with Gasteiger partial charge in [0.2, 0.25) is 0 Å². The highest BCUT2D eigenvalue weighted by Gasteiger charge is 2.19. The Labute approximate surface area is 431 Å². The minimum atomic E-state index is -0.792. The normalized spacial score (nSPS) is 13.0. The van der Waals surface area contributed by atoms with Crippen LogP contribution in [0.3, 0.4) is 0 Å². The second-order valence-corrected chi connectivity index (χ2v) is 18.5. The third-order valence-electron chi connectivity index (χ3n) is 11.7. The number of hydrogen-bond donors (Lipinski definition) is 0. The molecule has 0 N–H and O–H groups in total. The van der Waals surface area contributed by atoms with E-state index < -0.39 is 6.10 Å². The van der Waals surface area contributed by atoms with Gasteiger partial charge in [-0.1, -0.05) is 251 Å². The van der Waals surface area contributed by atoms with Crippen LogP contribution in [0.15, 0.2) is 122 Å². The van der Waals surface area contributed by atoms with E-state index in [1.54, 1.807) is 0 Å². The first-order valence-corrected chi connectivity index (χ1v) is 28.5. The summed E-state index contributed by atoms with van der Waals surface area (Å²) in [5.74, 6) is -0.944. The zero-order valence-corrected chi connectivity index (χ0v) is 45.2. The third kappa shape index (κ3) is 54.7. The molecule has 0 aliphatic carbocycles. The average molecular weight is 970 g/mol. The molecule has 0 aromatic rings. The molecule has 0 heterocycles. The Morgan fingerprint density at radius 3 is 0.871 bits per heavy atom. The Kier molecular flexibility index (Phi) is 54.0. The maximum absolute atomic E-state index is 12.7. The van der Waals surface area contributed by atoms with E-state index >= 15 is 0 Å². The van der Waals surface area contributed by atoms with Crippen molar-refractivity contribution in [3.05, 3.63) is 122 Å². The molecule has 1 unspecified atom stereocenters. The summed E-state index contributed by atoms with van der Waals surface area (Å²) >= 11 is 0. The smallest absolute Gasteiger partial charge is 0.306 e. The van der Waals surface area contributed by atoms with Gasteiger partial charge in [-0.2, -0.15) is 0 Å². The molecule has 0 aliphatic heterocycles. The first-order valence-electron chi connectivity index (χ1n) is 28.5. The largest absolute Gasteiger partial charge is 0.462 e. The van der Waals surface area contributed by atoms with E-state index in [2.05, 4.69) is 142 Å². The summed E-state index contributed by atoms with van der Waals surface area (Å²) in [6, 6.07) is 0. The van der Waals surface area contributed by atoms with Gasteiger partial charge in [0.15, 0.2) is 6.10 Å². The van der Waals surface area contributed by atoms with Crippen molar-refractivity contribution in [1.82, 2.24) is 0 Å². The molecule has 70 heavy (non-hydrogen) atoms. The lowest BCUT2D eigenvalue weighted by Gasteiger charge is -2.18. The van der Waals surface area contributed by atoms with Crippen LogP contribution in [0.25, 0.3) is 0 Å². The highest BCUT2D eigenvalue weighted by Crippen LogP contribution is 2.14. The summed E-state index contributed by atoms with van der Waals surface area (Å²) < 4.78 is 16.7. The van der Waals surface area contributed by atoms with Crippen molar-refractivity contribution in [2.75, 3.05) is 13.2 Å². The maximum atomic E-state index is 12.7. The van der Waals surface area contributed by atoms with Gasteiger partial charge in [0, 0.05) is 19.3 Å². The standard InChI is InChI=1S/C64H104O6/c1-4-7-10-13-16-19-21-22-23-24-25-26-27-28-29-30-31-32-33-34-35-36-37-38-39-40-41-42-43-46-48-51-54-57-63(66)69-60-61(59-68-62(65)56-53-50-47-44-18-15-12-9-6-3)70-64(67)58-55-52-49-45-20-17-14-11-8-5-2/h7,10,16,19,22-23,25-26,28-29,31-32,34-35,37-38,40-41,43,46,61H,4-6,8-9,11-15,17-18,20-21,24,27,30,33,36,39,42,44-45,47-60H2,1-3H3/b10-7-,19-16-,23-22-,26-25-,29-28-,32-31-,35-34-,38-37-,41-40-,46-43-. The molecule has 396 valence electrons. The second-order valence-electron chi connectivity index (χ2n) is 18.5. The second kappa shape index (κ2) is 57.4. The van der Waals surface area contributed by atoms with Gasteiger partial charge in [-0.25, -0.2) is 0 Å². The monoisotopic (exact) mass is 969 g/mol. The van der Waals surface area contributed by atoms with Crippen LogP contribution in [0.5, 0.6) is 0 Å². The Bertz CT molecular complexity index is 1490. The molecule has 0 saturated heterocycles. The van der Waals surface area contributed by atoms with E-state index in [0.717, 1.165) is 122 Å². The van der Waals surface area contributed by atoms with E-state index in [9.17, 15) is 14.4 Å². The molecule has 0 bridgehead atoms. The lowest BCUT2D eigenvalue weighted by atomic mass is 10.1. The molecular formula is C64H104O6. The molecule has 1 atom stereocenters. The van der Waals surface area contributed by atoms with E-state index in [1.165, 1.54) is 83.5 Å². The van der Waals surface area contributed by atoms with Crippen LogP contribution in [-0.4, -0.2) is 37.2 Å². The molecule has 0 spiro atoms. The van der Waals surface area contributed by atoms with Crippen molar-refractivity contribution in [2.45, 2.75) is 252 Å². The average Bonchev–Trinajstić information content (AvgIpc) is 3.36. The van der Waals surface area contributed by atoms with E-state index in [0.29, 0.717) is 19.3 Å². The molecule has 0 aliphatic rings. The lowest BCUT2D eigenvalue weighted by molar-refractivity contribution is -0.167. The van der Waals surface area contributed by atoms with Gasteiger partial charge in [0.1, 0.15) is 13.2 Å². The number of ether oxygens (including phenoxy) is 3. The first kappa shape index (κ1) is 65.8. The Morgan fingerprint density at radius 1 is 0.300 bits per heavy atom. The molecule has 6 heteroatoms. The van der Waals surface area contributed by atoms with Gasteiger partial charge in [0.25, 0.3) is 0 Å². The van der Waals surface area contributed by atoms with Crippen molar-refractivity contribution in [2.24, 2.45) is 0 Å². The molecule has 0 radical (unpaired) electrons. The van der Waals surface area contributed by atoms with Gasteiger partial charge >= 0.3 is 17.9 Å². The van der Waals surface area contributed by atoms with Crippen LogP contribution in [0.4, 0.5) is 0 Å². The van der Waals surface area contributed by atoms with Crippen molar-refractivity contribution in [1.29, 1.82) is 0 Å². The van der Waals surface area contributed by atoms with Crippen LogP contribution >= 0.6 is 0 Å². The van der Waals surface area contributed by atoms with E-state index in [1.807, 2.05) is 0 Å². The number of carbonyl (C=O) groups is 3. The zero-order valence-electron chi connectivity index (χ0n) is 45.2. The number of unbranched alkanes of at least 4 members (excludes halogenated alkanes) is 19. The lowest BCUT2D eigenvalue weighted by Crippen LogP contribution is -2.30. The fraction of sp³-hybridized carbons (Fsp3) is 0.641. The Balaban J connectivity index is 4.24. The van der Waals surface area contributed by atoms with Crippen LogP contribution < -0.4 is 0 Å². The zero-order chi connectivity index (χ0) is 50.7. The van der Waals surface area contributed by atoms with Crippen LogP contribution in [0.2, 0.25) is 0 Å². The fourth-order valence-corrected chi connectivity index (χ4v) is 7.47. The number of esters is 3. The van der Waals surface area contributed by atoms with E-state index in [4.69, 9.17) is 14.2 Å². The predicted octanol–water partition coefficient (Wildman–Crippen LogP) is 19.3. The van der Waals surface area contributed by atoms with Crippen molar-refractivity contribution < 1.29 is 28.6 Å². The molecule has 0 saturated carbocycles. The van der Waals surface area contributed by atoms with Crippen LogP contribution in [0.1, 0.15) is 245 Å². The minimum Gasteiger partial charge on any atom is -0.462 e. The molecule has 0 aromatic heterocycles. The van der Waals surface area contributed by atoms with Crippen LogP contribution in [0, 0.1) is 0 Å². The predicted molar refractivity (Wildman–Crippen MR) is 302 cm³/mol. The number of rotatable bonds is 50. The summed E-state index contributed by atoms with van der Waals surface area (Å²) in [7, 11) is 0. The van der Waals surface area contributed by atoms with Gasteiger partial charge in [-0.15, -0.1) is 0 Å². The maximum Gasteiger partial charge on any atom is 0.306 e. The van der Waals surface area contributed by atoms with Gasteiger partial charge in [-0.05, 0) is 96.3 Å². The summed E-state index contributed by atoms with van der Waals surface area (Å²) in [4.78, 5) is 37.8. The van der Waals surface area contributed by atoms with Crippen molar-refractivity contribution in [3.63, 3.8) is 0 Å². The quantitative estimate of drug-likeness (QED) is 0.0262.